The molecule has 0 radical (unpaired) electrons. The van der Waals surface area contributed by atoms with E-state index in [1.807, 2.05) is 32.0 Å². The summed E-state index contributed by atoms with van der Waals surface area (Å²) in [5.41, 5.74) is 1.65. The van der Waals surface area contributed by atoms with Crippen molar-refractivity contribution < 1.29 is 14.7 Å². The zero-order valence-electron chi connectivity index (χ0n) is 11.3. The van der Waals surface area contributed by atoms with Crippen LogP contribution in [0.25, 0.3) is 0 Å². The normalized spacial score (nSPS) is 16.4. The van der Waals surface area contributed by atoms with Gasteiger partial charge in [0.05, 0.1) is 0 Å². The molecule has 19 heavy (non-hydrogen) atoms. The summed E-state index contributed by atoms with van der Waals surface area (Å²) in [6, 6.07) is 6.71. The average molecular weight is 261 g/mol. The highest BCUT2D eigenvalue weighted by molar-refractivity contribution is 5.98. The van der Waals surface area contributed by atoms with Crippen molar-refractivity contribution in [1.82, 2.24) is 4.90 Å². The summed E-state index contributed by atoms with van der Waals surface area (Å²) in [6.07, 6.45) is 1.22. The summed E-state index contributed by atoms with van der Waals surface area (Å²) in [7, 11) is 0. The van der Waals surface area contributed by atoms with Crippen molar-refractivity contribution >= 4 is 11.9 Å². The lowest BCUT2D eigenvalue weighted by Crippen LogP contribution is -2.49. The van der Waals surface area contributed by atoms with E-state index < -0.39 is 12.0 Å². The van der Waals surface area contributed by atoms with Crippen LogP contribution in [0.2, 0.25) is 0 Å². The van der Waals surface area contributed by atoms with Crippen LogP contribution in [0.15, 0.2) is 24.3 Å². The Kier molecular flexibility index (Phi) is 3.88. The Balaban J connectivity index is 2.27. The number of aliphatic carboxylic acids is 1. The van der Waals surface area contributed by atoms with Crippen molar-refractivity contribution in [2.75, 3.05) is 6.54 Å². The fraction of sp³-hybridized carbons (Fsp3) is 0.467. The molecular weight excluding hydrogens is 242 g/mol. The molecule has 0 aliphatic carbocycles. The first-order valence-electron chi connectivity index (χ1n) is 6.62. The second-order valence-electron chi connectivity index (χ2n) is 5.39. The number of benzene rings is 1. The van der Waals surface area contributed by atoms with Crippen LogP contribution in [-0.2, 0) is 11.2 Å². The number of carboxylic acid groups (broad SMARTS) is 1. The standard InChI is InChI=1S/C15H19NO3/c1-10(2)9-13(15(18)19)16-8-7-11-5-3-4-6-12(11)14(16)17/h3-6,10,13H,7-9H2,1-2H3,(H,18,19). The van der Waals surface area contributed by atoms with E-state index in [1.54, 1.807) is 6.07 Å². The van der Waals surface area contributed by atoms with Crippen LogP contribution >= 0.6 is 0 Å². The molecule has 1 atom stereocenters. The zero-order valence-corrected chi connectivity index (χ0v) is 11.3. The molecule has 0 saturated heterocycles. The van der Waals surface area contributed by atoms with Crippen LogP contribution in [-0.4, -0.2) is 34.5 Å². The Morgan fingerprint density at radius 1 is 1.37 bits per heavy atom. The van der Waals surface area contributed by atoms with Crippen LogP contribution in [0.4, 0.5) is 0 Å². The third-order valence-corrected chi connectivity index (χ3v) is 3.49. The quantitative estimate of drug-likeness (QED) is 0.903. The molecule has 0 bridgehead atoms. The Labute approximate surface area is 113 Å². The van der Waals surface area contributed by atoms with Gasteiger partial charge in [0.25, 0.3) is 5.91 Å². The lowest BCUT2D eigenvalue weighted by molar-refractivity contribution is -0.143. The number of nitrogens with zero attached hydrogens (tertiary/aromatic N) is 1. The topological polar surface area (TPSA) is 57.6 Å². The summed E-state index contributed by atoms with van der Waals surface area (Å²) < 4.78 is 0. The van der Waals surface area contributed by atoms with Crippen molar-refractivity contribution in [2.24, 2.45) is 5.92 Å². The predicted molar refractivity (Wildman–Crippen MR) is 72.1 cm³/mol. The van der Waals surface area contributed by atoms with Gasteiger partial charge in [0.15, 0.2) is 0 Å². The van der Waals surface area contributed by atoms with Gasteiger partial charge < -0.3 is 10.0 Å². The van der Waals surface area contributed by atoms with E-state index in [0.29, 0.717) is 18.5 Å². The van der Waals surface area contributed by atoms with Crippen LogP contribution in [0.5, 0.6) is 0 Å². The number of rotatable bonds is 4. The molecule has 1 amide bonds. The fourth-order valence-corrected chi connectivity index (χ4v) is 2.55. The number of carbonyl (C=O) groups excluding carboxylic acids is 1. The average Bonchev–Trinajstić information content (AvgIpc) is 2.37. The molecule has 4 heteroatoms. The molecule has 1 unspecified atom stereocenters. The molecule has 1 heterocycles. The maximum absolute atomic E-state index is 12.4. The van der Waals surface area contributed by atoms with Gasteiger partial charge in [-0.1, -0.05) is 32.0 Å². The Morgan fingerprint density at radius 2 is 2.05 bits per heavy atom. The minimum absolute atomic E-state index is 0.157. The highest BCUT2D eigenvalue weighted by Crippen LogP contribution is 2.23. The van der Waals surface area contributed by atoms with Crippen molar-refractivity contribution in [1.29, 1.82) is 0 Å². The Hall–Kier alpha value is -1.84. The molecule has 1 aromatic rings. The number of fused-ring (bicyclic) bond motifs is 1. The van der Waals surface area contributed by atoms with Gasteiger partial charge in [-0.2, -0.15) is 0 Å². The summed E-state index contributed by atoms with van der Waals surface area (Å²) in [5.74, 6) is -0.831. The van der Waals surface area contributed by atoms with Gasteiger partial charge in [0.2, 0.25) is 0 Å². The molecule has 1 aliphatic rings. The van der Waals surface area contributed by atoms with E-state index >= 15 is 0 Å². The van der Waals surface area contributed by atoms with E-state index in [2.05, 4.69) is 0 Å². The van der Waals surface area contributed by atoms with Gasteiger partial charge in [-0.25, -0.2) is 4.79 Å². The second-order valence-corrected chi connectivity index (χ2v) is 5.39. The predicted octanol–water partition coefficient (Wildman–Crippen LogP) is 2.18. The molecule has 102 valence electrons. The van der Waals surface area contributed by atoms with E-state index in [0.717, 1.165) is 12.0 Å². The van der Waals surface area contributed by atoms with Gasteiger partial charge >= 0.3 is 5.97 Å². The molecular formula is C15H19NO3. The van der Waals surface area contributed by atoms with Gasteiger partial charge in [-0.3, -0.25) is 4.79 Å². The molecule has 0 spiro atoms. The molecule has 1 aliphatic heterocycles. The second kappa shape index (κ2) is 5.43. The van der Waals surface area contributed by atoms with Crippen molar-refractivity contribution in [3.63, 3.8) is 0 Å². The number of hydrogen-bond donors (Lipinski definition) is 1. The maximum atomic E-state index is 12.4. The minimum Gasteiger partial charge on any atom is -0.480 e. The lowest BCUT2D eigenvalue weighted by Gasteiger charge is -2.34. The number of hydrogen-bond acceptors (Lipinski definition) is 2. The van der Waals surface area contributed by atoms with E-state index in [4.69, 9.17) is 0 Å². The maximum Gasteiger partial charge on any atom is 0.326 e. The first-order valence-corrected chi connectivity index (χ1v) is 6.62. The highest BCUT2D eigenvalue weighted by Gasteiger charge is 2.33. The Morgan fingerprint density at radius 3 is 2.68 bits per heavy atom. The number of carbonyl (C=O) groups is 2. The van der Waals surface area contributed by atoms with E-state index in [-0.39, 0.29) is 11.8 Å². The minimum atomic E-state index is -0.915. The monoisotopic (exact) mass is 261 g/mol. The first-order chi connectivity index (χ1) is 9.00. The SMILES string of the molecule is CC(C)CC(C(=O)O)N1CCc2ccccc2C1=O. The van der Waals surface area contributed by atoms with Crippen LogP contribution in [0, 0.1) is 5.92 Å². The largest absolute Gasteiger partial charge is 0.480 e. The molecule has 1 N–H and O–H groups in total. The summed E-state index contributed by atoms with van der Waals surface area (Å²) in [4.78, 5) is 25.3. The van der Waals surface area contributed by atoms with Crippen LogP contribution < -0.4 is 0 Å². The summed E-state index contributed by atoms with van der Waals surface area (Å²) in [6.45, 7) is 4.43. The van der Waals surface area contributed by atoms with Gasteiger partial charge in [0.1, 0.15) is 6.04 Å². The third kappa shape index (κ3) is 2.78. The van der Waals surface area contributed by atoms with Gasteiger partial charge in [-0.05, 0) is 30.4 Å². The molecule has 0 saturated carbocycles. The molecule has 0 aromatic heterocycles. The summed E-state index contributed by atoms with van der Waals surface area (Å²) in [5, 5.41) is 9.35. The Bertz CT molecular complexity index is 496. The molecule has 4 nitrogen and oxygen atoms in total. The smallest absolute Gasteiger partial charge is 0.326 e. The van der Waals surface area contributed by atoms with Crippen LogP contribution in [0.3, 0.4) is 0 Å². The van der Waals surface area contributed by atoms with Gasteiger partial charge in [-0.15, -0.1) is 0 Å². The fourth-order valence-electron chi connectivity index (χ4n) is 2.55. The number of amides is 1. The zero-order chi connectivity index (χ0) is 14.0. The summed E-state index contributed by atoms with van der Waals surface area (Å²) >= 11 is 0. The van der Waals surface area contributed by atoms with E-state index in [1.165, 1.54) is 4.90 Å². The number of carboxylic acids is 1. The van der Waals surface area contributed by atoms with Crippen molar-refractivity contribution in [3.8, 4) is 0 Å². The van der Waals surface area contributed by atoms with Crippen molar-refractivity contribution in [3.05, 3.63) is 35.4 Å². The third-order valence-electron chi connectivity index (χ3n) is 3.49. The molecule has 1 aromatic carbocycles. The van der Waals surface area contributed by atoms with E-state index in [9.17, 15) is 14.7 Å². The lowest BCUT2D eigenvalue weighted by atomic mass is 9.95. The first kappa shape index (κ1) is 13.6. The molecule has 0 fully saturated rings. The van der Waals surface area contributed by atoms with Crippen LogP contribution in [0.1, 0.15) is 36.2 Å². The van der Waals surface area contributed by atoms with Gasteiger partial charge in [0, 0.05) is 12.1 Å². The molecule has 2 rings (SSSR count). The van der Waals surface area contributed by atoms with Crippen molar-refractivity contribution in [2.45, 2.75) is 32.7 Å². The highest BCUT2D eigenvalue weighted by atomic mass is 16.4.